The molecule has 1 atom stereocenters. The molecule has 0 saturated carbocycles. The first kappa shape index (κ1) is 14.9. The quantitative estimate of drug-likeness (QED) is 0.623. The number of rotatable bonds is 4. The van der Waals surface area contributed by atoms with Crippen molar-refractivity contribution in [3.05, 3.63) is 23.8 Å². The standard InChI is InChI=1S/C12H14ClNO5S/c1-12(7-11(15)14(12)20(13,16)17)9-5-4-8(18-2)6-10(9)19-3/h4-6H,7H2,1-3H3. The molecule has 1 aliphatic rings. The normalized spacial score (nSPS) is 22.4. The first-order chi connectivity index (χ1) is 9.24. The van der Waals surface area contributed by atoms with E-state index in [1.807, 2.05) is 0 Å². The van der Waals surface area contributed by atoms with E-state index in [1.165, 1.54) is 14.2 Å². The summed E-state index contributed by atoms with van der Waals surface area (Å²) in [5, 5.41) is 0. The van der Waals surface area contributed by atoms with Gasteiger partial charge >= 0.3 is 9.24 Å². The Balaban J connectivity index is 2.53. The molecule has 0 aromatic heterocycles. The predicted molar refractivity (Wildman–Crippen MR) is 73.1 cm³/mol. The van der Waals surface area contributed by atoms with Crippen molar-refractivity contribution < 1.29 is 22.7 Å². The zero-order valence-corrected chi connectivity index (χ0v) is 12.8. The molecule has 0 radical (unpaired) electrons. The van der Waals surface area contributed by atoms with Crippen LogP contribution in [0.5, 0.6) is 11.5 Å². The predicted octanol–water partition coefficient (Wildman–Crippen LogP) is 1.63. The van der Waals surface area contributed by atoms with Gasteiger partial charge in [-0.2, -0.15) is 8.42 Å². The van der Waals surface area contributed by atoms with Gasteiger partial charge in [-0.05, 0) is 19.1 Å². The maximum absolute atomic E-state index is 11.6. The van der Waals surface area contributed by atoms with Gasteiger partial charge in [-0.1, -0.05) is 0 Å². The number of carbonyl (C=O) groups is 1. The van der Waals surface area contributed by atoms with Gasteiger partial charge in [0.1, 0.15) is 11.5 Å². The summed E-state index contributed by atoms with van der Waals surface area (Å²) in [6, 6.07) is 4.96. The third-order valence-corrected chi connectivity index (χ3v) is 4.83. The molecule has 1 amide bonds. The highest BCUT2D eigenvalue weighted by Gasteiger charge is 2.55. The van der Waals surface area contributed by atoms with Crippen LogP contribution in [0.2, 0.25) is 0 Å². The molecule has 1 saturated heterocycles. The minimum Gasteiger partial charge on any atom is -0.497 e. The molecule has 1 heterocycles. The molecule has 1 aromatic rings. The van der Waals surface area contributed by atoms with Crippen molar-refractivity contribution in [3.8, 4) is 11.5 Å². The first-order valence-corrected chi connectivity index (χ1v) is 8.01. The number of hydrogen-bond donors (Lipinski definition) is 0. The molecule has 110 valence electrons. The van der Waals surface area contributed by atoms with Gasteiger partial charge in [0.15, 0.2) is 0 Å². The minimum atomic E-state index is -4.14. The van der Waals surface area contributed by atoms with E-state index in [4.69, 9.17) is 20.2 Å². The number of nitrogens with zero attached hydrogens (tertiary/aromatic N) is 1. The number of amides is 1. The first-order valence-electron chi connectivity index (χ1n) is 5.74. The number of halogens is 1. The second kappa shape index (κ2) is 4.82. The highest BCUT2D eigenvalue weighted by atomic mass is 35.7. The highest BCUT2D eigenvalue weighted by molar-refractivity contribution is 8.12. The Morgan fingerprint density at radius 3 is 2.40 bits per heavy atom. The van der Waals surface area contributed by atoms with Crippen LogP contribution >= 0.6 is 10.7 Å². The summed E-state index contributed by atoms with van der Waals surface area (Å²) in [6.45, 7) is 1.62. The Bertz CT molecular complexity index is 660. The molecule has 1 aliphatic heterocycles. The van der Waals surface area contributed by atoms with Gasteiger partial charge in [0.2, 0.25) is 5.91 Å². The number of methoxy groups -OCH3 is 2. The van der Waals surface area contributed by atoms with Gasteiger partial charge < -0.3 is 9.47 Å². The Labute approximate surface area is 121 Å². The summed E-state index contributed by atoms with van der Waals surface area (Å²) in [7, 11) is 4.16. The van der Waals surface area contributed by atoms with E-state index in [2.05, 4.69) is 0 Å². The second-order valence-corrected chi connectivity index (χ2v) is 6.98. The average Bonchev–Trinajstić information content (AvgIpc) is 2.34. The third kappa shape index (κ3) is 2.20. The van der Waals surface area contributed by atoms with Gasteiger partial charge in [-0.3, -0.25) is 4.79 Å². The largest absolute Gasteiger partial charge is 0.497 e. The van der Waals surface area contributed by atoms with Crippen LogP contribution in [0, 0.1) is 0 Å². The molecular formula is C12H14ClNO5S. The summed E-state index contributed by atoms with van der Waals surface area (Å²) in [5.41, 5.74) is -0.487. The minimum absolute atomic E-state index is 0.0433. The summed E-state index contributed by atoms with van der Waals surface area (Å²) >= 11 is 0. The van der Waals surface area contributed by atoms with E-state index >= 15 is 0 Å². The zero-order chi connectivity index (χ0) is 15.1. The highest BCUT2D eigenvalue weighted by Crippen LogP contribution is 2.47. The van der Waals surface area contributed by atoms with Crippen LogP contribution in [0.15, 0.2) is 18.2 Å². The Kier molecular flexibility index (Phi) is 3.60. The molecule has 0 bridgehead atoms. The lowest BCUT2D eigenvalue weighted by Crippen LogP contribution is -2.60. The molecule has 1 unspecified atom stereocenters. The molecule has 0 N–H and O–H groups in total. The summed E-state index contributed by atoms with van der Waals surface area (Å²) < 4.78 is 34.1. The molecule has 1 aromatic carbocycles. The van der Waals surface area contributed by atoms with Crippen molar-refractivity contribution in [2.24, 2.45) is 0 Å². The average molecular weight is 320 g/mol. The molecule has 20 heavy (non-hydrogen) atoms. The molecule has 2 rings (SSSR count). The fraction of sp³-hybridized carbons (Fsp3) is 0.417. The van der Waals surface area contributed by atoms with Crippen molar-refractivity contribution in [1.82, 2.24) is 4.31 Å². The summed E-state index contributed by atoms with van der Waals surface area (Å²) in [5.74, 6) is 0.463. The van der Waals surface area contributed by atoms with Gasteiger partial charge in [-0.25, -0.2) is 4.31 Å². The lowest BCUT2D eigenvalue weighted by molar-refractivity contribution is -0.144. The molecule has 8 heteroatoms. The topological polar surface area (TPSA) is 72.9 Å². The van der Waals surface area contributed by atoms with Crippen LogP contribution in [0.25, 0.3) is 0 Å². The van der Waals surface area contributed by atoms with Crippen LogP contribution in [0.3, 0.4) is 0 Å². The maximum Gasteiger partial charge on any atom is 0.324 e. The van der Waals surface area contributed by atoms with Crippen LogP contribution in [-0.4, -0.2) is 32.8 Å². The van der Waals surface area contributed by atoms with E-state index in [1.54, 1.807) is 25.1 Å². The summed E-state index contributed by atoms with van der Waals surface area (Å²) in [4.78, 5) is 11.6. The van der Waals surface area contributed by atoms with E-state index in [0.29, 0.717) is 21.4 Å². The molecule has 0 spiro atoms. The van der Waals surface area contributed by atoms with Gasteiger partial charge in [0.05, 0.1) is 26.2 Å². The van der Waals surface area contributed by atoms with Crippen LogP contribution in [-0.2, 0) is 19.6 Å². The second-order valence-electron chi connectivity index (χ2n) is 4.62. The number of benzene rings is 1. The molecule has 6 nitrogen and oxygen atoms in total. The fourth-order valence-corrected chi connectivity index (χ4v) is 4.07. The fourth-order valence-electron chi connectivity index (χ4n) is 2.43. The van der Waals surface area contributed by atoms with Crippen molar-refractivity contribution in [1.29, 1.82) is 0 Å². The van der Waals surface area contributed by atoms with Crippen molar-refractivity contribution in [2.75, 3.05) is 14.2 Å². The zero-order valence-electron chi connectivity index (χ0n) is 11.2. The lowest BCUT2D eigenvalue weighted by atomic mass is 9.81. The van der Waals surface area contributed by atoms with Crippen molar-refractivity contribution >= 4 is 25.8 Å². The smallest absolute Gasteiger partial charge is 0.324 e. The SMILES string of the molecule is COc1ccc(C2(C)CC(=O)N2S(=O)(=O)Cl)c(OC)c1. The molecule has 1 fully saturated rings. The lowest BCUT2D eigenvalue weighted by Gasteiger charge is -2.47. The summed E-state index contributed by atoms with van der Waals surface area (Å²) in [6.07, 6.45) is 0.0433. The Morgan fingerprint density at radius 2 is 1.95 bits per heavy atom. The van der Waals surface area contributed by atoms with Gasteiger partial charge in [0.25, 0.3) is 0 Å². The van der Waals surface area contributed by atoms with Crippen molar-refractivity contribution in [3.63, 3.8) is 0 Å². The van der Waals surface area contributed by atoms with E-state index in [0.717, 1.165) is 0 Å². The third-order valence-electron chi connectivity index (χ3n) is 3.38. The van der Waals surface area contributed by atoms with E-state index in [9.17, 15) is 13.2 Å². The van der Waals surface area contributed by atoms with E-state index < -0.39 is 20.7 Å². The molecular weight excluding hydrogens is 306 g/mol. The Hall–Kier alpha value is -1.47. The Morgan fingerprint density at radius 1 is 1.30 bits per heavy atom. The van der Waals surface area contributed by atoms with Crippen molar-refractivity contribution in [2.45, 2.75) is 18.9 Å². The van der Waals surface area contributed by atoms with Gasteiger partial charge in [-0.15, -0.1) is 0 Å². The number of carbonyl (C=O) groups excluding carboxylic acids is 1. The number of hydrogen-bond acceptors (Lipinski definition) is 5. The van der Waals surface area contributed by atoms with Crippen LogP contribution in [0.1, 0.15) is 18.9 Å². The van der Waals surface area contributed by atoms with E-state index in [-0.39, 0.29) is 6.42 Å². The van der Waals surface area contributed by atoms with Crippen LogP contribution in [0.4, 0.5) is 0 Å². The van der Waals surface area contributed by atoms with Crippen LogP contribution < -0.4 is 9.47 Å². The van der Waals surface area contributed by atoms with Gasteiger partial charge in [0, 0.05) is 22.3 Å². The monoisotopic (exact) mass is 319 g/mol. The molecule has 0 aliphatic carbocycles. The number of β-lactam (4-membered cyclic amide) rings is 1. The maximum atomic E-state index is 11.6. The number of ether oxygens (including phenoxy) is 2.